The highest BCUT2D eigenvalue weighted by molar-refractivity contribution is 5.83. The largest absolute Gasteiger partial charge is 0.469 e. The highest BCUT2D eigenvalue weighted by atomic mass is 19.1. The molecular formula is C23H25FO4. The van der Waals surface area contributed by atoms with E-state index in [-0.39, 0.29) is 5.82 Å². The number of hydrogen-bond donors (Lipinski definition) is 0. The Morgan fingerprint density at radius 2 is 1.57 bits per heavy atom. The van der Waals surface area contributed by atoms with Gasteiger partial charge >= 0.3 is 11.9 Å². The first-order chi connectivity index (χ1) is 13.5. The molecule has 28 heavy (non-hydrogen) atoms. The summed E-state index contributed by atoms with van der Waals surface area (Å²) in [5.41, 5.74) is 1.66. The summed E-state index contributed by atoms with van der Waals surface area (Å²) in [6.45, 7) is 2.00. The van der Waals surface area contributed by atoms with Crippen molar-refractivity contribution < 1.29 is 23.5 Å². The lowest BCUT2D eigenvalue weighted by Crippen LogP contribution is -2.27. The van der Waals surface area contributed by atoms with Crippen molar-refractivity contribution in [1.29, 1.82) is 0 Å². The van der Waals surface area contributed by atoms with Gasteiger partial charge in [0.05, 0.1) is 26.1 Å². The van der Waals surface area contributed by atoms with Crippen molar-refractivity contribution in [2.75, 3.05) is 14.2 Å². The minimum atomic E-state index is -0.589. The Labute approximate surface area is 164 Å². The normalized spacial score (nSPS) is 20.6. The van der Waals surface area contributed by atoms with Gasteiger partial charge in [-0.2, -0.15) is 0 Å². The van der Waals surface area contributed by atoms with Crippen LogP contribution in [0, 0.1) is 17.7 Å². The van der Waals surface area contributed by atoms with Crippen molar-refractivity contribution in [1.82, 2.24) is 0 Å². The van der Waals surface area contributed by atoms with Crippen molar-refractivity contribution in [3.8, 4) is 11.1 Å². The monoisotopic (exact) mass is 384 g/mol. The molecule has 0 amide bonds. The number of benzene rings is 2. The number of carbonyl (C=O) groups is 2. The summed E-state index contributed by atoms with van der Waals surface area (Å²) >= 11 is 0. The molecule has 0 bridgehead atoms. The average Bonchev–Trinajstić information content (AvgIpc) is 3.14. The number of esters is 2. The fourth-order valence-electron chi connectivity index (χ4n) is 4.43. The average molecular weight is 384 g/mol. The molecule has 2 aromatic carbocycles. The van der Waals surface area contributed by atoms with E-state index < -0.39 is 29.2 Å². The molecule has 0 unspecified atom stereocenters. The van der Waals surface area contributed by atoms with Gasteiger partial charge in [-0.3, -0.25) is 9.59 Å². The molecule has 0 spiro atoms. The second-order valence-corrected chi connectivity index (χ2v) is 7.36. The van der Waals surface area contributed by atoms with Gasteiger partial charge in [0.25, 0.3) is 0 Å². The molecule has 2 aromatic rings. The molecule has 1 aliphatic carbocycles. The van der Waals surface area contributed by atoms with Crippen LogP contribution in [0.15, 0.2) is 48.5 Å². The standard InChI is InChI=1S/C23H25FO4/c1-4-23(13-18(21(25)27-2)19(14-23)22(26)28-3)16-10-11-17(20(24)12-16)15-8-6-5-7-9-15/h5-12,18-19H,4,13-14H2,1-3H3/t18-,19-/m1/s1. The van der Waals surface area contributed by atoms with Crippen LogP contribution >= 0.6 is 0 Å². The van der Waals surface area contributed by atoms with Crippen LogP contribution in [0.5, 0.6) is 0 Å². The molecule has 3 rings (SSSR count). The number of carbonyl (C=O) groups excluding carboxylic acids is 2. The van der Waals surface area contributed by atoms with Gasteiger partial charge in [0.1, 0.15) is 5.82 Å². The molecule has 148 valence electrons. The van der Waals surface area contributed by atoms with Gasteiger partial charge in [-0.25, -0.2) is 4.39 Å². The van der Waals surface area contributed by atoms with E-state index in [2.05, 4.69) is 0 Å². The summed E-state index contributed by atoms with van der Waals surface area (Å²) in [6, 6.07) is 14.6. The molecule has 0 aliphatic heterocycles. The second-order valence-electron chi connectivity index (χ2n) is 7.36. The molecule has 0 heterocycles. The van der Waals surface area contributed by atoms with Gasteiger partial charge in [0.2, 0.25) is 0 Å². The molecular weight excluding hydrogens is 359 g/mol. The number of methoxy groups -OCH3 is 2. The van der Waals surface area contributed by atoms with Gasteiger partial charge in [-0.05, 0) is 41.9 Å². The quantitative estimate of drug-likeness (QED) is 0.712. The van der Waals surface area contributed by atoms with Crippen LogP contribution in [0.4, 0.5) is 4.39 Å². The summed E-state index contributed by atoms with van der Waals surface area (Å²) < 4.78 is 24.8. The zero-order valence-corrected chi connectivity index (χ0v) is 16.4. The van der Waals surface area contributed by atoms with E-state index in [9.17, 15) is 14.0 Å². The predicted octanol–water partition coefficient (Wildman–Crippen LogP) is 4.51. The Morgan fingerprint density at radius 3 is 2.04 bits per heavy atom. The van der Waals surface area contributed by atoms with Crippen molar-refractivity contribution in [3.05, 3.63) is 59.9 Å². The molecule has 1 saturated carbocycles. The highest BCUT2D eigenvalue weighted by Crippen LogP contribution is 2.51. The van der Waals surface area contributed by atoms with Gasteiger partial charge in [0.15, 0.2) is 0 Å². The maximum atomic E-state index is 15.0. The third-order valence-corrected chi connectivity index (χ3v) is 6.06. The molecule has 1 fully saturated rings. The Hall–Kier alpha value is -2.69. The van der Waals surface area contributed by atoms with Crippen LogP contribution in [0.25, 0.3) is 11.1 Å². The zero-order valence-electron chi connectivity index (χ0n) is 16.4. The lowest BCUT2D eigenvalue weighted by atomic mass is 9.75. The summed E-state index contributed by atoms with van der Waals surface area (Å²) in [4.78, 5) is 24.6. The van der Waals surface area contributed by atoms with Crippen molar-refractivity contribution in [2.45, 2.75) is 31.6 Å². The fourth-order valence-corrected chi connectivity index (χ4v) is 4.43. The Kier molecular flexibility index (Phi) is 5.82. The van der Waals surface area contributed by atoms with E-state index >= 15 is 0 Å². The van der Waals surface area contributed by atoms with Crippen LogP contribution in [0.2, 0.25) is 0 Å². The fraction of sp³-hybridized carbons (Fsp3) is 0.391. The van der Waals surface area contributed by atoms with Gasteiger partial charge < -0.3 is 9.47 Å². The van der Waals surface area contributed by atoms with E-state index in [1.807, 2.05) is 43.3 Å². The minimum Gasteiger partial charge on any atom is -0.469 e. The predicted molar refractivity (Wildman–Crippen MR) is 104 cm³/mol. The van der Waals surface area contributed by atoms with Crippen LogP contribution < -0.4 is 0 Å². The van der Waals surface area contributed by atoms with Crippen LogP contribution in [0.3, 0.4) is 0 Å². The summed E-state index contributed by atoms with van der Waals surface area (Å²) in [5.74, 6) is -2.34. The van der Waals surface area contributed by atoms with E-state index in [4.69, 9.17) is 9.47 Å². The van der Waals surface area contributed by atoms with Crippen LogP contribution in [0.1, 0.15) is 31.7 Å². The smallest absolute Gasteiger partial charge is 0.309 e. The topological polar surface area (TPSA) is 52.6 Å². The number of halogens is 1. The van der Waals surface area contributed by atoms with Gasteiger partial charge in [0, 0.05) is 5.56 Å². The molecule has 0 saturated heterocycles. The summed E-state index contributed by atoms with van der Waals surface area (Å²) in [5, 5.41) is 0. The Balaban J connectivity index is 1.99. The highest BCUT2D eigenvalue weighted by Gasteiger charge is 2.52. The van der Waals surface area contributed by atoms with Crippen LogP contribution in [-0.4, -0.2) is 26.2 Å². The second kappa shape index (κ2) is 8.13. The van der Waals surface area contributed by atoms with E-state index in [0.717, 1.165) is 11.1 Å². The van der Waals surface area contributed by atoms with Crippen molar-refractivity contribution in [2.24, 2.45) is 11.8 Å². The molecule has 5 heteroatoms. The number of rotatable bonds is 5. The lowest BCUT2D eigenvalue weighted by molar-refractivity contribution is -0.156. The van der Waals surface area contributed by atoms with E-state index in [1.165, 1.54) is 14.2 Å². The Bertz CT molecular complexity index is 838. The zero-order chi connectivity index (χ0) is 20.3. The lowest BCUT2D eigenvalue weighted by Gasteiger charge is -2.29. The number of ether oxygens (including phenoxy) is 2. The van der Waals surface area contributed by atoms with E-state index in [0.29, 0.717) is 24.8 Å². The molecule has 0 N–H and O–H groups in total. The molecule has 1 aliphatic rings. The summed E-state index contributed by atoms with van der Waals surface area (Å²) in [6.07, 6.45) is 1.54. The van der Waals surface area contributed by atoms with Gasteiger partial charge in [-0.1, -0.05) is 49.4 Å². The molecule has 4 nitrogen and oxygen atoms in total. The minimum absolute atomic E-state index is 0.312. The molecule has 0 radical (unpaired) electrons. The third kappa shape index (κ3) is 3.53. The number of hydrogen-bond acceptors (Lipinski definition) is 4. The third-order valence-electron chi connectivity index (χ3n) is 6.06. The van der Waals surface area contributed by atoms with Crippen molar-refractivity contribution >= 4 is 11.9 Å². The Morgan fingerprint density at radius 1 is 1.00 bits per heavy atom. The van der Waals surface area contributed by atoms with Gasteiger partial charge in [-0.15, -0.1) is 0 Å². The molecule has 0 aromatic heterocycles. The first-order valence-corrected chi connectivity index (χ1v) is 9.47. The SMILES string of the molecule is CCC1(c2ccc(-c3ccccc3)c(F)c2)C[C@@H](C(=O)OC)[C@H](C(=O)OC)C1. The maximum Gasteiger partial charge on any atom is 0.309 e. The maximum absolute atomic E-state index is 15.0. The first kappa shape index (κ1) is 20.1. The van der Waals surface area contributed by atoms with Crippen molar-refractivity contribution in [3.63, 3.8) is 0 Å². The first-order valence-electron chi connectivity index (χ1n) is 9.47. The molecule has 2 atom stereocenters. The van der Waals surface area contributed by atoms with Crippen LogP contribution in [-0.2, 0) is 24.5 Å². The summed E-state index contributed by atoms with van der Waals surface area (Å²) in [7, 11) is 2.63. The van der Waals surface area contributed by atoms with E-state index in [1.54, 1.807) is 12.1 Å².